The van der Waals surface area contributed by atoms with Gasteiger partial charge in [0.2, 0.25) is 0 Å². The van der Waals surface area contributed by atoms with Crippen LogP contribution in [-0.2, 0) is 5.60 Å². The van der Waals surface area contributed by atoms with E-state index in [2.05, 4.69) is 0 Å². The quantitative estimate of drug-likeness (QED) is 0.918. The fourth-order valence-electron chi connectivity index (χ4n) is 4.57. The van der Waals surface area contributed by atoms with E-state index in [-0.39, 0.29) is 17.9 Å². The summed E-state index contributed by atoms with van der Waals surface area (Å²) in [6.07, 6.45) is 7.79. The lowest BCUT2D eigenvalue weighted by Crippen LogP contribution is -2.58. The standard InChI is InChI=1S/C20H23NO3/c22-19(15-10-13-24-14-15)21-12-11-20(23,16-6-2-1-3-7-16)17-8-4-5-9-18(17)21/h1-3,6-7,10,13-14,17-18,23H,4-5,8-9,11-12H2/t17-,18-,20+/m0/s1. The number of hydrogen-bond acceptors (Lipinski definition) is 3. The average molecular weight is 325 g/mol. The number of fused-ring (bicyclic) bond motifs is 1. The van der Waals surface area contributed by atoms with Crippen LogP contribution in [-0.4, -0.2) is 28.5 Å². The van der Waals surface area contributed by atoms with E-state index in [1.54, 1.807) is 6.07 Å². The molecule has 4 heteroatoms. The Morgan fingerprint density at radius 2 is 1.96 bits per heavy atom. The van der Waals surface area contributed by atoms with Crippen LogP contribution in [0.25, 0.3) is 0 Å². The van der Waals surface area contributed by atoms with Gasteiger partial charge < -0.3 is 14.4 Å². The molecule has 1 amide bonds. The van der Waals surface area contributed by atoms with Crippen LogP contribution >= 0.6 is 0 Å². The summed E-state index contributed by atoms with van der Waals surface area (Å²) in [7, 11) is 0. The number of benzene rings is 1. The summed E-state index contributed by atoms with van der Waals surface area (Å²) >= 11 is 0. The van der Waals surface area contributed by atoms with Crippen molar-refractivity contribution < 1.29 is 14.3 Å². The van der Waals surface area contributed by atoms with E-state index in [9.17, 15) is 9.90 Å². The fraction of sp³-hybridized carbons (Fsp3) is 0.450. The Labute approximate surface area is 142 Å². The minimum absolute atomic E-state index is 0.0239. The van der Waals surface area contributed by atoms with Crippen LogP contribution in [0.15, 0.2) is 53.3 Å². The van der Waals surface area contributed by atoms with Crippen LogP contribution in [0.1, 0.15) is 48.0 Å². The second-order valence-electron chi connectivity index (χ2n) is 7.01. The van der Waals surface area contributed by atoms with Gasteiger partial charge in [0.05, 0.1) is 17.4 Å². The SMILES string of the molecule is O=C(c1ccoc1)N1CC[C@@](O)(c2ccccc2)[C@H]2CCCC[C@@H]21. The molecule has 1 saturated heterocycles. The molecule has 2 aromatic rings. The smallest absolute Gasteiger partial charge is 0.257 e. The highest BCUT2D eigenvalue weighted by molar-refractivity contribution is 5.94. The van der Waals surface area contributed by atoms with Crippen LogP contribution < -0.4 is 0 Å². The molecule has 4 rings (SSSR count). The molecular formula is C20H23NO3. The Bertz CT molecular complexity index is 697. The molecule has 1 aliphatic heterocycles. The van der Waals surface area contributed by atoms with Crippen molar-refractivity contribution in [3.63, 3.8) is 0 Å². The first-order chi connectivity index (χ1) is 11.7. The van der Waals surface area contributed by atoms with Gasteiger partial charge in [-0.15, -0.1) is 0 Å². The zero-order valence-corrected chi connectivity index (χ0v) is 13.7. The molecule has 2 fully saturated rings. The first-order valence-electron chi connectivity index (χ1n) is 8.81. The second kappa shape index (κ2) is 6.10. The van der Waals surface area contributed by atoms with Crippen LogP contribution in [0, 0.1) is 5.92 Å². The summed E-state index contributed by atoms with van der Waals surface area (Å²) in [5.41, 5.74) is 0.751. The van der Waals surface area contributed by atoms with E-state index in [1.807, 2.05) is 35.2 Å². The van der Waals surface area contributed by atoms with Crippen molar-refractivity contribution in [3.05, 3.63) is 60.1 Å². The topological polar surface area (TPSA) is 53.7 Å². The summed E-state index contributed by atoms with van der Waals surface area (Å²) in [4.78, 5) is 14.8. The normalized spacial score (nSPS) is 30.0. The number of likely N-dealkylation sites (tertiary alicyclic amines) is 1. The van der Waals surface area contributed by atoms with Crippen LogP contribution in [0.2, 0.25) is 0 Å². The van der Waals surface area contributed by atoms with E-state index < -0.39 is 5.60 Å². The van der Waals surface area contributed by atoms with Crippen molar-refractivity contribution in [1.29, 1.82) is 0 Å². The van der Waals surface area contributed by atoms with Crippen LogP contribution in [0.4, 0.5) is 0 Å². The minimum Gasteiger partial charge on any atom is -0.472 e. The zero-order valence-electron chi connectivity index (χ0n) is 13.7. The van der Waals surface area contributed by atoms with E-state index in [0.29, 0.717) is 18.5 Å². The van der Waals surface area contributed by atoms with Gasteiger partial charge in [0.25, 0.3) is 5.91 Å². The Morgan fingerprint density at radius 1 is 1.17 bits per heavy atom. The molecule has 4 nitrogen and oxygen atoms in total. The van der Waals surface area contributed by atoms with Gasteiger partial charge in [-0.25, -0.2) is 0 Å². The molecule has 1 aromatic heterocycles. The van der Waals surface area contributed by atoms with E-state index >= 15 is 0 Å². The molecule has 24 heavy (non-hydrogen) atoms. The van der Waals surface area contributed by atoms with Gasteiger partial charge in [0.15, 0.2) is 0 Å². The molecule has 3 atom stereocenters. The average Bonchev–Trinajstić information content (AvgIpc) is 3.17. The fourth-order valence-corrected chi connectivity index (χ4v) is 4.57. The van der Waals surface area contributed by atoms with Crippen molar-refractivity contribution in [2.75, 3.05) is 6.54 Å². The molecule has 2 heterocycles. The summed E-state index contributed by atoms with van der Waals surface area (Å²) in [6.45, 7) is 0.580. The molecular weight excluding hydrogens is 302 g/mol. The molecule has 0 unspecified atom stereocenters. The van der Waals surface area contributed by atoms with Gasteiger partial charge in [-0.1, -0.05) is 43.2 Å². The summed E-state index contributed by atoms with van der Waals surface area (Å²) < 4.78 is 5.08. The third-order valence-corrected chi connectivity index (χ3v) is 5.78. The number of nitrogens with zero attached hydrogens (tertiary/aromatic N) is 1. The Kier molecular flexibility index (Phi) is 3.93. The summed E-state index contributed by atoms with van der Waals surface area (Å²) in [5, 5.41) is 11.5. The highest BCUT2D eigenvalue weighted by atomic mass is 16.3. The molecule has 2 aliphatic rings. The Morgan fingerprint density at radius 3 is 2.71 bits per heavy atom. The number of rotatable bonds is 2. The molecule has 0 spiro atoms. The zero-order chi connectivity index (χ0) is 16.6. The van der Waals surface area contributed by atoms with Crippen LogP contribution in [0.5, 0.6) is 0 Å². The van der Waals surface area contributed by atoms with E-state index in [4.69, 9.17) is 4.42 Å². The van der Waals surface area contributed by atoms with E-state index in [0.717, 1.165) is 31.2 Å². The lowest BCUT2D eigenvalue weighted by Gasteiger charge is -2.52. The minimum atomic E-state index is -0.834. The predicted octanol–water partition coefficient (Wildman–Crippen LogP) is 3.57. The third kappa shape index (κ3) is 2.46. The lowest BCUT2D eigenvalue weighted by atomic mass is 9.66. The molecule has 1 aliphatic carbocycles. The molecule has 0 radical (unpaired) electrons. The maximum absolute atomic E-state index is 12.8. The van der Waals surface area contributed by atoms with Crippen molar-refractivity contribution in [1.82, 2.24) is 4.90 Å². The second-order valence-corrected chi connectivity index (χ2v) is 7.01. The summed E-state index contributed by atoms with van der Waals surface area (Å²) in [5.74, 6) is 0.119. The van der Waals surface area contributed by atoms with Gasteiger partial charge in [0, 0.05) is 18.5 Å². The molecule has 1 aromatic carbocycles. The largest absolute Gasteiger partial charge is 0.472 e. The Balaban J connectivity index is 1.66. The molecule has 0 bridgehead atoms. The predicted molar refractivity (Wildman–Crippen MR) is 90.4 cm³/mol. The summed E-state index contributed by atoms with van der Waals surface area (Å²) in [6, 6.07) is 11.8. The van der Waals surface area contributed by atoms with Crippen molar-refractivity contribution in [2.24, 2.45) is 5.92 Å². The maximum atomic E-state index is 12.8. The maximum Gasteiger partial charge on any atom is 0.257 e. The van der Waals surface area contributed by atoms with Crippen LogP contribution in [0.3, 0.4) is 0 Å². The monoisotopic (exact) mass is 325 g/mol. The molecule has 126 valence electrons. The Hall–Kier alpha value is -2.07. The van der Waals surface area contributed by atoms with Gasteiger partial charge in [-0.05, 0) is 30.9 Å². The highest BCUT2D eigenvalue weighted by Crippen LogP contribution is 2.47. The van der Waals surface area contributed by atoms with Crippen molar-refractivity contribution >= 4 is 5.91 Å². The third-order valence-electron chi connectivity index (χ3n) is 5.78. The molecule has 1 N–H and O–H groups in total. The van der Waals surface area contributed by atoms with Gasteiger partial charge in [0.1, 0.15) is 6.26 Å². The lowest BCUT2D eigenvalue weighted by molar-refractivity contribution is -0.110. The van der Waals surface area contributed by atoms with Crippen molar-refractivity contribution in [3.8, 4) is 0 Å². The number of hydrogen-bond donors (Lipinski definition) is 1. The first-order valence-corrected chi connectivity index (χ1v) is 8.81. The molecule has 1 saturated carbocycles. The van der Waals surface area contributed by atoms with Gasteiger partial charge >= 0.3 is 0 Å². The van der Waals surface area contributed by atoms with Gasteiger partial charge in [-0.3, -0.25) is 4.79 Å². The number of amides is 1. The van der Waals surface area contributed by atoms with Gasteiger partial charge in [-0.2, -0.15) is 0 Å². The number of piperidine rings is 1. The number of furan rings is 1. The number of carbonyl (C=O) groups is 1. The highest BCUT2D eigenvalue weighted by Gasteiger charge is 2.50. The number of aliphatic hydroxyl groups is 1. The number of carbonyl (C=O) groups excluding carboxylic acids is 1. The first kappa shape index (κ1) is 15.5. The van der Waals surface area contributed by atoms with E-state index in [1.165, 1.54) is 12.5 Å². The van der Waals surface area contributed by atoms with Crippen molar-refractivity contribution in [2.45, 2.75) is 43.7 Å².